The van der Waals surface area contributed by atoms with Gasteiger partial charge in [0.05, 0.1) is 6.08 Å². The molecule has 0 aliphatic rings. The van der Waals surface area contributed by atoms with Gasteiger partial charge in [-0.2, -0.15) is 8.42 Å². The van der Waals surface area contributed by atoms with Crippen molar-refractivity contribution < 1.29 is 22.1 Å². The summed E-state index contributed by atoms with van der Waals surface area (Å²) in [6, 6.07) is 20.4. The van der Waals surface area contributed by atoms with Crippen molar-refractivity contribution in [2.45, 2.75) is 4.90 Å². The summed E-state index contributed by atoms with van der Waals surface area (Å²) in [7, 11) is -3.96. The molecule has 5 nitrogen and oxygen atoms in total. The predicted molar refractivity (Wildman–Crippen MR) is 93.4 cm³/mol. The first-order valence-corrected chi connectivity index (χ1v) is 8.81. The molecule has 0 N–H and O–H groups in total. The number of fused-ring (bicyclic) bond motifs is 1. The average Bonchev–Trinajstić information content (AvgIpc) is 2.63. The number of hydrogen-bond acceptors (Lipinski definition) is 5. The molecule has 0 fully saturated rings. The number of esters is 1. The van der Waals surface area contributed by atoms with E-state index in [2.05, 4.69) is 0 Å². The lowest BCUT2D eigenvalue weighted by molar-refractivity contribution is -0.128. The zero-order valence-corrected chi connectivity index (χ0v) is 13.8. The van der Waals surface area contributed by atoms with Crippen molar-refractivity contribution in [3.63, 3.8) is 0 Å². The van der Waals surface area contributed by atoms with Crippen LogP contribution in [0.5, 0.6) is 5.75 Å². The monoisotopic (exact) mass is 354 g/mol. The number of benzene rings is 3. The Kier molecular flexibility index (Phi) is 4.81. The summed E-state index contributed by atoms with van der Waals surface area (Å²) < 4.78 is 33.8. The van der Waals surface area contributed by atoms with Crippen LogP contribution in [0, 0.1) is 0 Å². The quantitative estimate of drug-likeness (QED) is 0.230. The first kappa shape index (κ1) is 16.7. The molecule has 0 aliphatic carbocycles. The Morgan fingerprint density at radius 2 is 1.52 bits per heavy atom. The Bertz CT molecular complexity index is 1020. The van der Waals surface area contributed by atoms with Gasteiger partial charge in [-0.1, -0.05) is 54.6 Å². The topological polar surface area (TPSA) is 69.7 Å². The van der Waals surface area contributed by atoms with E-state index in [4.69, 9.17) is 8.92 Å². The highest BCUT2D eigenvalue weighted by Crippen LogP contribution is 2.25. The highest BCUT2D eigenvalue weighted by atomic mass is 32.2. The summed E-state index contributed by atoms with van der Waals surface area (Å²) in [6.07, 6.45) is 1.72. The lowest BCUT2D eigenvalue weighted by Crippen LogP contribution is -2.06. The van der Waals surface area contributed by atoms with Gasteiger partial charge in [-0.3, -0.25) is 0 Å². The van der Waals surface area contributed by atoms with Crippen molar-refractivity contribution in [2.24, 2.45) is 0 Å². The van der Waals surface area contributed by atoms with Gasteiger partial charge in [-0.25, -0.2) is 4.79 Å². The van der Waals surface area contributed by atoms with Crippen LogP contribution in [0.2, 0.25) is 0 Å². The number of hydrogen-bond donors (Lipinski definition) is 0. The van der Waals surface area contributed by atoms with Gasteiger partial charge in [-0.15, -0.1) is 0 Å². The molecule has 0 bridgehead atoms. The zero-order chi connectivity index (χ0) is 17.7. The second-order valence-corrected chi connectivity index (χ2v) is 6.64. The van der Waals surface area contributed by atoms with Crippen molar-refractivity contribution >= 4 is 26.9 Å². The van der Waals surface area contributed by atoms with Crippen LogP contribution in [0.4, 0.5) is 0 Å². The standard InChI is InChI=1S/C19H14O5S/c20-19(13-14-23-25(21,22)16-9-2-1-3-10-16)24-18-12-6-8-15-7-4-5-11-17(15)18/h1-14H. The SMILES string of the molecule is O=C(C=COS(=O)(=O)c1ccccc1)Oc1cccc2ccccc12. The molecule has 0 heterocycles. The van der Waals surface area contributed by atoms with Gasteiger partial charge in [0.2, 0.25) is 0 Å². The molecule has 25 heavy (non-hydrogen) atoms. The summed E-state index contributed by atoms with van der Waals surface area (Å²) in [6.45, 7) is 0. The second-order valence-electron chi connectivity index (χ2n) is 5.06. The highest BCUT2D eigenvalue weighted by molar-refractivity contribution is 7.86. The maximum absolute atomic E-state index is 11.9. The van der Waals surface area contributed by atoms with Crippen molar-refractivity contribution in [3.05, 3.63) is 85.1 Å². The average molecular weight is 354 g/mol. The molecule has 3 rings (SSSR count). The summed E-state index contributed by atoms with van der Waals surface area (Å²) in [4.78, 5) is 11.9. The number of rotatable bonds is 5. The molecular weight excluding hydrogens is 340 g/mol. The van der Waals surface area contributed by atoms with Crippen LogP contribution < -0.4 is 4.74 Å². The third kappa shape index (κ3) is 4.05. The number of carbonyl (C=O) groups is 1. The summed E-state index contributed by atoms with van der Waals surface area (Å²) >= 11 is 0. The molecule has 0 spiro atoms. The lowest BCUT2D eigenvalue weighted by Gasteiger charge is -2.06. The molecule has 0 aromatic heterocycles. The van der Waals surface area contributed by atoms with Gasteiger partial charge >= 0.3 is 16.1 Å². The minimum atomic E-state index is -3.96. The van der Waals surface area contributed by atoms with E-state index < -0.39 is 16.1 Å². The molecule has 0 saturated carbocycles. The first-order valence-electron chi connectivity index (χ1n) is 7.41. The fourth-order valence-corrected chi connectivity index (χ4v) is 3.03. The second kappa shape index (κ2) is 7.19. The van der Waals surface area contributed by atoms with Crippen molar-refractivity contribution in [2.75, 3.05) is 0 Å². The van der Waals surface area contributed by atoms with E-state index in [0.29, 0.717) is 5.75 Å². The van der Waals surface area contributed by atoms with Gasteiger partial charge in [0.15, 0.2) is 0 Å². The fraction of sp³-hybridized carbons (Fsp3) is 0. The molecule has 0 amide bonds. The third-order valence-electron chi connectivity index (χ3n) is 3.38. The Labute approximate surface area is 145 Å². The van der Waals surface area contributed by atoms with Crippen LogP contribution in [0.25, 0.3) is 10.8 Å². The Hall–Kier alpha value is -3.12. The molecule has 3 aromatic carbocycles. The molecule has 0 unspecified atom stereocenters. The molecule has 0 radical (unpaired) electrons. The van der Waals surface area contributed by atoms with Crippen LogP contribution in [-0.2, 0) is 19.1 Å². The Morgan fingerprint density at radius 3 is 2.32 bits per heavy atom. The highest BCUT2D eigenvalue weighted by Gasteiger charge is 2.13. The number of carbonyl (C=O) groups excluding carboxylic acids is 1. The first-order chi connectivity index (χ1) is 12.1. The minimum absolute atomic E-state index is 0.00192. The normalized spacial score (nSPS) is 11.5. The maximum Gasteiger partial charge on any atom is 0.339 e. The summed E-state index contributed by atoms with van der Waals surface area (Å²) in [5.41, 5.74) is 0. The molecule has 0 atom stereocenters. The predicted octanol–water partition coefficient (Wildman–Crippen LogP) is 3.66. The van der Waals surface area contributed by atoms with E-state index in [1.165, 1.54) is 12.1 Å². The van der Waals surface area contributed by atoms with E-state index in [0.717, 1.165) is 23.1 Å². The zero-order valence-electron chi connectivity index (χ0n) is 13.0. The van der Waals surface area contributed by atoms with Crippen LogP contribution in [0.15, 0.2) is 90.0 Å². The van der Waals surface area contributed by atoms with E-state index in [9.17, 15) is 13.2 Å². The van der Waals surface area contributed by atoms with Gasteiger partial charge in [0.25, 0.3) is 0 Å². The maximum atomic E-state index is 11.9. The van der Waals surface area contributed by atoms with Crippen LogP contribution in [-0.4, -0.2) is 14.4 Å². The molecule has 6 heteroatoms. The third-order valence-corrected chi connectivity index (χ3v) is 4.59. The van der Waals surface area contributed by atoms with Crippen LogP contribution >= 0.6 is 0 Å². The van der Waals surface area contributed by atoms with Crippen LogP contribution in [0.1, 0.15) is 0 Å². The molecule has 0 saturated heterocycles. The van der Waals surface area contributed by atoms with Gasteiger partial charge in [0.1, 0.15) is 16.9 Å². The number of ether oxygens (including phenoxy) is 1. The summed E-state index contributed by atoms with van der Waals surface area (Å²) in [5.74, 6) is -0.349. The van der Waals surface area contributed by atoms with Crippen LogP contribution in [0.3, 0.4) is 0 Å². The Morgan fingerprint density at radius 1 is 0.840 bits per heavy atom. The molecule has 3 aromatic rings. The van der Waals surface area contributed by atoms with E-state index in [-0.39, 0.29) is 4.90 Å². The van der Waals surface area contributed by atoms with Crippen molar-refractivity contribution in [1.82, 2.24) is 0 Å². The van der Waals surface area contributed by atoms with E-state index in [1.54, 1.807) is 30.3 Å². The fourth-order valence-electron chi connectivity index (χ4n) is 2.23. The molecule has 126 valence electrons. The lowest BCUT2D eigenvalue weighted by atomic mass is 10.1. The smallest absolute Gasteiger partial charge is 0.339 e. The largest absolute Gasteiger partial charge is 0.423 e. The van der Waals surface area contributed by atoms with Crippen molar-refractivity contribution in [1.29, 1.82) is 0 Å². The molecular formula is C19H14O5S. The van der Waals surface area contributed by atoms with E-state index >= 15 is 0 Å². The molecule has 0 aliphatic heterocycles. The van der Waals surface area contributed by atoms with Gasteiger partial charge in [0, 0.05) is 5.39 Å². The summed E-state index contributed by atoms with van der Waals surface area (Å²) in [5, 5.41) is 1.71. The Balaban J connectivity index is 1.69. The van der Waals surface area contributed by atoms with Gasteiger partial charge in [-0.05, 0) is 23.6 Å². The van der Waals surface area contributed by atoms with Gasteiger partial charge < -0.3 is 8.92 Å². The van der Waals surface area contributed by atoms with E-state index in [1.807, 2.05) is 30.3 Å². The minimum Gasteiger partial charge on any atom is -0.423 e. The van der Waals surface area contributed by atoms with Crippen molar-refractivity contribution in [3.8, 4) is 5.75 Å².